The summed E-state index contributed by atoms with van der Waals surface area (Å²) in [5, 5.41) is 0. The first-order valence-corrected chi connectivity index (χ1v) is 18.4. The van der Waals surface area contributed by atoms with Crippen LogP contribution in [0.25, 0.3) is 0 Å². The van der Waals surface area contributed by atoms with E-state index in [1.54, 1.807) is 0 Å². The predicted molar refractivity (Wildman–Crippen MR) is 194 cm³/mol. The minimum Gasteiger partial charge on any atom is -0.463 e. The third-order valence-corrected chi connectivity index (χ3v) is 9.52. The van der Waals surface area contributed by atoms with Gasteiger partial charge in [-0.25, -0.2) is 9.69 Å². The molecule has 10 atom stereocenters. The summed E-state index contributed by atoms with van der Waals surface area (Å²) in [6.45, 7) is 3.72. The highest BCUT2D eigenvalue weighted by Gasteiger charge is 2.61. The highest BCUT2D eigenvalue weighted by Crippen LogP contribution is 2.39. The molecule has 56 heavy (non-hydrogen) atoms. The van der Waals surface area contributed by atoms with Crippen LogP contribution in [0.5, 0.6) is 0 Å². The average Bonchev–Trinajstić information content (AvgIpc) is 3.55. The number of hydrogen-bond donors (Lipinski definition) is 0. The van der Waals surface area contributed by atoms with Crippen LogP contribution in [0.4, 0.5) is 4.79 Å². The van der Waals surface area contributed by atoms with Crippen LogP contribution >= 0.6 is 0 Å². The van der Waals surface area contributed by atoms with E-state index in [1.165, 1.54) is 27.9 Å². The Bertz CT molecular complexity index is 1750. The molecule has 0 N–H and O–H groups in total. The van der Waals surface area contributed by atoms with Gasteiger partial charge in [-0.1, -0.05) is 91.0 Å². The molecule has 6 rings (SSSR count). The fourth-order valence-electron chi connectivity index (χ4n) is 7.00. The van der Waals surface area contributed by atoms with E-state index >= 15 is 0 Å². The van der Waals surface area contributed by atoms with Crippen molar-refractivity contribution in [3.05, 3.63) is 108 Å². The number of ether oxygens (including phenoxy) is 10. The van der Waals surface area contributed by atoms with Crippen LogP contribution in [0.3, 0.4) is 0 Å². The van der Waals surface area contributed by atoms with Crippen molar-refractivity contribution in [3.8, 4) is 0 Å². The third kappa shape index (κ3) is 10.2. The summed E-state index contributed by atoms with van der Waals surface area (Å²) in [6.07, 6.45) is -10.9. The van der Waals surface area contributed by atoms with Crippen molar-refractivity contribution in [1.82, 2.24) is 4.90 Å². The zero-order valence-electron chi connectivity index (χ0n) is 31.6. The number of carbonyl (C=O) groups is 4. The molecule has 15 nitrogen and oxygen atoms in total. The van der Waals surface area contributed by atoms with Crippen molar-refractivity contribution >= 4 is 23.9 Å². The van der Waals surface area contributed by atoms with Gasteiger partial charge in [-0.3, -0.25) is 14.4 Å². The lowest BCUT2D eigenvalue weighted by Gasteiger charge is -2.48. The molecule has 0 aromatic heterocycles. The maximum Gasteiger partial charge on any atom is 0.417 e. The Morgan fingerprint density at radius 1 is 0.643 bits per heavy atom. The minimum atomic E-state index is -1.44. The normalized spacial score (nSPS) is 28.6. The molecule has 0 radical (unpaired) electrons. The summed E-state index contributed by atoms with van der Waals surface area (Å²) in [4.78, 5) is 51.4. The zero-order valence-corrected chi connectivity index (χ0v) is 31.6. The quantitative estimate of drug-likeness (QED) is 0.151. The van der Waals surface area contributed by atoms with Crippen molar-refractivity contribution in [2.45, 2.75) is 102 Å². The van der Waals surface area contributed by atoms with Crippen molar-refractivity contribution < 1.29 is 66.5 Å². The van der Waals surface area contributed by atoms with Gasteiger partial charge in [0.05, 0.1) is 26.4 Å². The minimum absolute atomic E-state index is 0.0182. The molecule has 15 heteroatoms. The van der Waals surface area contributed by atoms with Gasteiger partial charge in [0.1, 0.15) is 43.2 Å². The van der Waals surface area contributed by atoms with Gasteiger partial charge >= 0.3 is 18.0 Å². The first-order chi connectivity index (χ1) is 27.1. The van der Waals surface area contributed by atoms with Gasteiger partial charge in [0.25, 0.3) is 0 Å². The van der Waals surface area contributed by atoms with Crippen molar-refractivity contribution in [2.75, 3.05) is 20.3 Å². The van der Waals surface area contributed by atoms with Crippen molar-refractivity contribution in [1.29, 1.82) is 0 Å². The molecule has 0 unspecified atom stereocenters. The number of hydrogen-bond acceptors (Lipinski definition) is 14. The molecule has 0 spiro atoms. The SMILES string of the molecule is CO[C@H]1O[C@H](COCc2ccccc2)[C@@H](O[C@@H]2O[C@H](COC(C)=O)[C@@H](OC(C)=O)[C@@H]3OC(=O)N(C(C)=O)[C@@H]23)[C@H](OCc2ccccc2)[C@H]1OCc1ccccc1. The number of esters is 2. The monoisotopic (exact) mass is 777 g/mol. The first kappa shape index (κ1) is 40.9. The highest BCUT2D eigenvalue weighted by molar-refractivity contribution is 5.92. The Balaban J connectivity index is 1.38. The number of carbonyl (C=O) groups excluding carboxylic acids is 4. The lowest BCUT2D eigenvalue weighted by molar-refractivity contribution is -0.356. The Morgan fingerprint density at radius 2 is 1.18 bits per heavy atom. The molecular weight excluding hydrogens is 730 g/mol. The number of imide groups is 1. The summed E-state index contributed by atoms with van der Waals surface area (Å²) in [5.74, 6) is -2.00. The first-order valence-electron chi connectivity index (χ1n) is 18.4. The number of rotatable bonds is 16. The number of amides is 2. The van der Waals surface area contributed by atoms with Crippen LogP contribution in [0.15, 0.2) is 91.0 Å². The molecule has 300 valence electrons. The fraction of sp³-hybridized carbons (Fsp3) is 0.463. The molecule has 3 aromatic rings. The summed E-state index contributed by atoms with van der Waals surface area (Å²) < 4.78 is 61.7. The second-order valence-corrected chi connectivity index (χ2v) is 13.6. The Hall–Kier alpha value is -4.74. The Kier molecular flexibility index (Phi) is 14.2. The second-order valence-electron chi connectivity index (χ2n) is 13.6. The van der Waals surface area contributed by atoms with E-state index in [9.17, 15) is 19.2 Å². The third-order valence-electron chi connectivity index (χ3n) is 9.52. The smallest absolute Gasteiger partial charge is 0.417 e. The van der Waals surface area contributed by atoms with Crippen LogP contribution in [0.2, 0.25) is 0 Å². The van der Waals surface area contributed by atoms with Gasteiger partial charge in [-0.2, -0.15) is 0 Å². The summed E-state index contributed by atoms with van der Waals surface area (Å²) in [5.41, 5.74) is 2.67. The van der Waals surface area contributed by atoms with E-state index < -0.39 is 85.3 Å². The standard InChI is InChI=1S/C41H47NO14/c1-25(43)42-33-36(56-41(42)46)34(52-27(3)45)32(24-49-26(2)44)53-39(33)55-35-31(23-48-20-28-14-8-5-9-15-28)54-40(47-4)38(51-22-30-18-12-7-13-19-30)37(35)50-21-29-16-10-6-11-17-29/h5-19,31-40H,20-24H2,1-4H3/t31-,32-,33-,34-,35-,36-,37+,38-,39+,40+/m1/s1. The largest absolute Gasteiger partial charge is 0.463 e. The zero-order chi connectivity index (χ0) is 39.6. The maximum atomic E-state index is 13.3. The van der Waals surface area contributed by atoms with Gasteiger partial charge in [-0.15, -0.1) is 0 Å². The van der Waals surface area contributed by atoms with Gasteiger partial charge in [0.2, 0.25) is 5.91 Å². The molecule has 3 aromatic carbocycles. The van der Waals surface area contributed by atoms with E-state index in [1.807, 2.05) is 91.0 Å². The van der Waals surface area contributed by atoms with E-state index in [-0.39, 0.29) is 33.0 Å². The molecule has 3 aliphatic rings. The number of fused-ring (bicyclic) bond motifs is 1. The lowest BCUT2D eigenvalue weighted by Crippen LogP contribution is -2.67. The van der Waals surface area contributed by atoms with Crippen LogP contribution in [0.1, 0.15) is 37.5 Å². The van der Waals surface area contributed by atoms with E-state index in [0.717, 1.165) is 21.6 Å². The molecule has 2 amide bonds. The van der Waals surface area contributed by atoms with Crippen LogP contribution in [-0.4, -0.2) is 111 Å². The molecule has 3 fully saturated rings. The van der Waals surface area contributed by atoms with Gasteiger partial charge in [0.15, 0.2) is 24.8 Å². The highest BCUT2D eigenvalue weighted by atomic mass is 16.8. The second kappa shape index (κ2) is 19.4. The van der Waals surface area contributed by atoms with Crippen LogP contribution < -0.4 is 0 Å². The van der Waals surface area contributed by atoms with Gasteiger partial charge < -0.3 is 47.4 Å². The molecule has 0 bridgehead atoms. The van der Waals surface area contributed by atoms with Crippen molar-refractivity contribution in [2.24, 2.45) is 0 Å². The summed E-state index contributed by atoms with van der Waals surface area (Å²) >= 11 is 0. The molecule has 0 aliphatic carbocycles. The fourth-order valence-corrected chi connectivity index (χ4v) is 7.00. The Morgan fingerprint density at radius 3 is 1.71 bits per heavy atom. The summed E-state index contributed by atoms with van der Waals surface area (Å²) in [6, 6.07) is 27.4. The summed E-state index contributed by atoms with van der Waals surface area (Å²) in [7, 11) is 1.50. The Labute approximate surface area is 324 Å². The molecule has 0 saturated carbocycles. The molecule has 3 aliphatic heterocycles. The molecule has 3 saturated heterocycles. The maximum absolute atomic E-state index is 13.3. The van der Waals surface area contributed by atoms with Crippen LogP contribution in [0, 0.1) is 0 Å². The number of benzene rings is 3. The number of nitrogens with zero attached hydrogens (tertiary/aromatic N) is 1. The lowest BCUT2D eigenvalue weighted by atomic mass is 9.94. The van der Waals surface area contributed by atoms with Gasteiger partial charge in [-0.05, 0) is 16.7 Å². The van der Waals surface area contributed by atoms with E-state index in [4.69, 9.17) is 47.4 Å². The van der Waals surface area contributed by atoms with Gasteiger partial charge in [0, 0.05) is 27.9 Å². The van der Waals surface area contributed by atoms with E-state index in [2.05, 4.69) is 0 Å². The average molecular weight is 778 g/mol. The van der Waals surface area contributed by atoms with E-state index in [0.29, 0.717) is 0 Å². The molecular formula is C41H47NO14. The number of methoxy groups -OCH3 is 1. The van der Waals surface area contributed by atoms with Crippen molar-refractivity contribution in [3.63, 3.8) is 0 Å². The predicted octanol–water partition coefficient (Wildman–Crippen LogP) is 4.09. The topological polar surface area (TPSA) is 164 Å². The molecule has 3 heterocycles. The van der Waals surface area contributed by atoms with Crippen LogP contribution in [-0.2, 0) is 81.6 Å².